The van der Waals surface area contributed by atoms with Crippen molar-refractivity contribution in [3.8, 4) is 0 Å². The summed E-state index contributed by atoms with van der Waals surface area (Å²) in [4.78, 5) is 44.5. The van der Waals surface area contributed by atoms with Gasteiger partial charge in [0.05, 0.1) is 17.5 Å². The summed E-state index contributed by atoms with van der Waals surface area (Å²) in [6, 6.07) is 13.3. The molecule has 1 spiro atoms. The third-order valence-electron chi connectivity index (χ3n) is 7.36. The van der Waals surface area contributed by atoms with E-state index in [-0.39, 0.29) is 23.8 Å². The highest BCUT2D eigenvalue weighted by Gasteiger charge is 2.74. The topological polar surface area (TPSA) is 69.7 Å². The summed E-state index contributed by atoms with van der Waals surface area (Å²) in [5.41, 5.74) is 3.11. The maximum Gasteiger partial charge on any atom is 0.250 e. The minimum absolute atomic E-state index is 0.0840. The van der Waals surface area contributed by atoms with Crippen molar-refractivity contribution in [1.29, 1.82) is 0 Å². The summed E-state index contributed by atoms with van der Waals surface area (Å²) in [7, 11) is 0. The van der Waals surface area contributed by atoms with E-state index in [2.05, 4.69) is 10.2 Å². The second-order valence-corrected chi connectivity index (χ2v) is 9.03. The highest BCUT2D eigenvalue weighted by Crippen LogP contribution is 2.60. The third kappa shape index (κ3) is 1.95. The van der Waals surface area contributed by atoms with Gasteiger partial charge in [-0.15, -0.1) is 0 Å². The van der Waals surface area contributed by atoms with Gasteiger partial charge in [0.15, 0.2) is 0 Å². The molecule has 4 aliphatic heterocycles. The first kappa shape index (κ1) is 17.8. The average molecular weight is 401 g/mol. The van der Waals surface area contributed by atoms with Gasteiger partial charge in [0.25, 0.3) is 0 Å². The maximum absolute atomic E-state index is 13.9. The van der Waals surface area contributed by atoms with Crippen molar-refractivity contribution < 1.29 is 14.4 Å². The molecule has 0 bridgehead atoms. The minimum atomic E-state index is -1.09. The van der Waals surface area contributed by atoms with Crippen LogP contribution in [0.2, 0.25) is 0 Å². The van der Waals surface area contributed by atoms with Crippen LogP contribution in [0.25, 0.3) is 0 Å². The van der Waals surface area contributed by atoms with E-state index in [1.165, 1.54) is 4.90 Å². The molecule has 30 heavy (non-hydrogen) atoms. The third-order valence-corrected chi connectivity index (χ3v) is 7.36. The second kappa shape index (κ2) is 5.79. The Balaban J connectivity index is 1.56. The molecule has 4 aliphatic rings. The fraction of sp³-hybridized carbons (Fsp3) is 0.375. The molecule has 0 aromatic heterocycles. The Kier molecular flexibility index (Phi) is 3.44. The first-order valence-electron chi connectivity index (χ1n) is 10.6. The van der Waals surface area contributed by atoms with Gasteiger partial charge >= 0.3 is 0 Å². The van der Waals surface area contributed by atoms with Crippen LogP contribution in [0.3, 0.4) is 0 Å². The summed E-state index contributed by atoms with van der Waals surface area (Å²) in [5, 5.41) is 3.00. The number of carbonyl (C=O) groups is 3. The van der Waals surface area contributed by atoms with E-state index in [0.29, 0.717) is 5.69 Å². The SMILES string of the molecule is Cc1cc(C)cc(N2C(=O)C3C4CCCN4C4(C(=O)Nc5ccccc54)C3C2=O)c1. The van der Waals surface area contributed by atoms with Gasteiger partial charge in [0.1, 0.15) is 5.54 Å². The van der Waals surface area contributed by atoms with E-state index in [1.807, 2.05) is 56.3 Å². The van der Waals surface area contributed by atoms with Crippen molar-refractivity contribution in [3.63, 3.8) is 0 Å². The van der Waals surface area contributed by atoms with Crippen LogP contribution in [0, 0.1) is 25.7 Å². The minimum Gasteiger partial charge on any atom is -0.324 e. The Hall–Kier alpha value is -2.99. The lowest BCUT2D eigenvalue weighted by atomic mass is 9.75. The molecule has 0 saturated carbocycles. The Morgan fingerprint density at radius 2 is 1.73 bits per heavy atom. The Morgan fingerprint density at radius 3 is 2.50 bits per heavy atom. The fourth-order valence-electron chi connectivity index (χ4n) is 6.49. The van der Waals surface area contributed by atoms with E-state index in [4.69, 9.17) is 0 Å². The van der Waals surface area contributed by atoms with E-state index in [0.717, 1.165) is 41.8 Å². The molecular formula is C24H23N3O3. The Bertz CT molecular complexity index is 1120. The highest BCUT2D eigenvalue weighted by molar-refractivity contribution is 6.25. The number of nitrogens with zero attached hydrogens (tertiary/aromatic N) is 2. The number of para-hydroxylation sites is 1. The van der Waals surface area contributed by atoms with E-state index < -0.39 is 17.4 Å². The quantitative estimate of drug-likeness (QED) is 0.746. The molecule has 1 N–H and O–H groups in total. The summed E-state index contributed by atoms with van der Waals surface area (Å²) in [6.45, 7) is 4.65. The molecule has 152 valence electrons. The van der Waals surface area contributed by atoms with Crippen LogP contribution in [0.5, 0.6) is 0 Å². The zero-order chi connectivity index (χ0) is 20.8. The standard InChI is InChI=1S/C24H23N3O3/c1-13-10-14(2)12-15(11-13)27-21(28)19-18-8-5-9-26(18)24(20(19)22(27)29)16-6-3-4-7-17(16)25-23(24)30/h3-4,6-7,10-12,18-20H,5,8-9H2,1-2H3,(H,25,30). The largest absolute Gasteiger partial charge is 0.324 e. The van der Waals surface area contributed by atoms with E-state index in [1.54, 1.807) is 0 Å². The molecule has 6 heteroatoms. The monoisotopic (exact) mass is 401 g/mol. The van der Waals surface area contributed by atoms with E-state index >= 15 is 0 Å². The van der Waals surface area contributed by atoms with Crippen molar-refractivity contribution in [2.45, 2.75) is 38.3 Å². The van der Waals surface area contributed by atoms with Gasteiger partial charge in [-0.25, -0.2) is 4.90 Å². The molecule has 4 heterocycles. The molecule has 3 amide bonds. The first-order valence-corrected chi connectivity index (χ1v) is 10.6. The number of anilines is 2. The molecule has 4 atom stereocenters. The zero-order valence-electron chi connectivity index (χ0n) is 17.0. The molecule has 0 radical (unpaired) electrons. The summed E-state index contributed by atoms with van der Waals surface area (Å²) < 4.78 is 0. The number of fused-ring (bicyclic) bond motifs is 7. The van der Waals surface area contributed by atoms with Gasteiger partial charge in [-0.3, -0.25) is 19.3 Å². The number of hydrogen-bond donors (Lipinski definition) is 1. The average Bonchev–Trinajstić information content (AvgIpc) is 3.39. The molecule has 4 unspecified atom stereocenters. The summed E-state index contributed by atoms with van der Waals surface area (Å²) in [5.74, 6) is -1.78. The summed E-state index contributed by atoms with van der Waals surface area (Å²) in [6.07, 6.45) is 1.76. The van der Waals surface area contributed by atoms with Gasteiger partial charge in [-0.05, 0) is 62.6 Å². The maximum atomic E-state index is 13.9. The van der Waals surface area contributed by atoms with E-state index in [9.17, 15) is 14.4 Å². The van der Waals surface area contributed by atoms with Gasteiger partial charge in [0, 0.05) is 17.3 Å². The zero-order valence-corrected chi connectivity index (χ0v) is 17.0. The molecule has 6 nitrogen and oxygen atoms in total. The predicted octanol–water partition coefficient (Wildman–Crippen LogP) is 2.73. The fourth-order valence-corrected chi connectivity index (χ4v) is 6.49. The molecule has 3 fully saturated rings. The number of rotatable bonds is 1. The smallest absolute Gasteiger partial charge is 0.250 e. The molecule has 2 aromatic rings. The molecule has 3 saturated heterocycles. The Morgan fingerprint density at radius 1 is 1.00 bits per heavy atom. The van der Waals surface area contributed by atoms with Crippen LogP contribution in [-0.2, 0) is 19.9 Å². The van der Waals surface area contributed by atoms with Gasteiger partial charge in [-0.1, -0.05) is 24.3 Å². The van der Waals surface area contributed by atoms with Crippen LogP contribution in [0.15, 0.2) is 42.5 Å². The molecular weight excluding hydrogens is 378 g/mol. The van der Waals surface area contributed by atoms with Gasteiger partial charge < -0.3 is 5.32 Å². The lowest BCUT2D eigenvalue weighted by Gasteiger charge is -2.36. The Labute approximate surface area is 174 Å². The van der Waals surface area contributed by atoms with Crippen molar-refractivity contribution in [2.75, 3.05) is 16.8 Å². The lowest BCUT2D eigenvalue weighted by molar-refractivity contribution is -0.135. The number of nitrogens with one attached hydrogen (secondary N) is 1. The molecule has 2 aromatic carbocycles. The molecule has 6 rings (SSSR count). The van der Waals surface area contributed by atoms with Crippen molar-refractivity contribution in [3.05, 3.63) is 59.2 Å². The van der Waals surface area contributed by atoms with Crippen LogP contribution >= 0.6 is 0 Å². The van der Waals surface area contributed by atoms with Crippen molar-refractivity contribution in [1.82, 2.24) is 4.90 Å². The normalized spacial score (nSPS) is 32.0. The number of imide groups is 1. The van der Waals surface area contributed by atoms with Crippen LogP contribution in [-0.4, -0.2) is 35.2 Å². The van der Waals surface area contributed by atoms with Gasteiger partial charge in [0.2, 0.25) is 17.7 Å². The van der Waals surface area contributed by atoms with Crippen molar-refractivity contribution >= 4 is 29.1 Å². The summed E-state index contributed by atoms with van der Waals surface area (Å²) >= 11 is 0. The number of amides is 3. The second-order valence-electron chi connectivity index (χ2n) is 9.03. The first-order chi connectivity index (χ1) is 14.4. The molecule has 0 aliphatic carbocycles. The van der Waals surface area contributed by atoms with Crippen LogP contribution in [0.1, 0.15) is 29.5 Å². The van der Waals surface area contributed by atoms with Gasteiger partial charge in [-0.2, -0.15) is 0 Å². The number of carbonyl (C=O) groups excluding carboxylic acids is 3. The predicted molar refractivity (Wildman–Crippen MR) is 112 cm³/mol. The number of aryl methyl sites for hydroxylation is 2. The number of benzene rings is 2. The number of hydrogen-bond acceptors (Lipinski definition) is 4. The van der Waals surface area contributed by atoms with Crippen LogP contribution in [0.4, 0.5) is 11.4 Å². The van der Waals surface area contributed by atoms with Crippen molar-refractivity contribution in [2.24, 2.45) is 11.8 Å². The van der Waals surface area contributed by atoms with Crippen LogP contribution < -0.4 is 10.2 Å². The lowest BCUT2D eigenvalue weighted by Crippen LogP contribution is -2.54. The highest BCUT2D eigenvalue weighted by atomic mass is 16.2.